The summed E-state index contributed by atoms with van der Waals surface area (Å²) in [5.74, 6) is 0.0916. The second-order valence-corrected chi connectivity index (χ2v) is 10.5. The maximum Gasteiger partial charge on any atom is 0.264 e. The lowest BCUT2D eigenvalue weighted by Crippen LogP contribution is -2.31. The van der Waals surface area contributed by atoms with Gasteiger partial charge < -0.3 is 15.0 Å². The standard InChI is InChI=1S/C25H27N3O4S2/c1-32-23-10-4-3-9-21(23)27-34(30,31)24-18-19(11-13-22(24)28-15-5-2-6-16-28)26-25(29)14-12-20-8-7-17-33-20/h3-4,7-14,17-18,27H,2,5-6,15-16H2,1H3,(H,26,29)/b14-12+. The molecule has 1 aromatic heterocycles. The van der Waals surface area contributed by atoms with Gasteiger partial charge in [0.1, 0.15) is 10.6 Å². The Kier molecular flexibility index (Phi) is 7.54. The van der Waals surface area contributed by atoms with Gasteiger partial charge in [-0.15, -0.1) is 11.3 Å². The van der Waals surface area contributed by atoms with Crippen molar-refractivity contribution in [3.8, 4) is 5.75 Å². The van der Waals surface area contributed by atoms with E-state index in [1.54, 1.807) is 42.5 Å². The van der Waals surface area contributed by atoms with E-state index in [9.17, 15) is 13.2 Å². The molecular weight excluding hydrogens is 470 g/mol. The highest BCUT2D eigenvalue weighted by Gasteiger charge is 2.25. The number of piperidine rings is 1. The van der Waals surface area contributed by atoms with Gasteiger partial charge in [-0.05, 0) is 67.1 Å². The third kappa shape index (κ3) is 5.78. The topological polar surface area (TPSA) is 87.7 Å². The molecule has 0 bridgehead atoms. The molecule has 3 aromatic rings. The van der Waals surface area contributed by atoms with E-state index in [1.807, 2.05) is 17.5 Å². The maximum absolute atomic E-state index is 13.5. The van der Waals surface area contributed by atoms with E-state index in [0.717, 1.165) is 37.2 Å². The van der Waals surface area contributed by atoms with Gasteiger partial charge in [0.05, 0.1) is 18.5 Å². The number of methoxy groups -OCH3 is 1. The second kappa shape index (κ2) is 10.8. The van der Waals surface area contributed by atoms with Crippen LogP contribution in [0.1, 0.15) is 24.1 Å². The number of amides is 1. The summed E-state index contributed by atoms with van der Waals surface area (Å²) >= 11 is 1.53. The van der Waals surface area contributed by atoms with Gasteiger partial charge in [0.15, 0.2) is 0 Å². The van der Waals surface area contributed by atoms with E-state index in [-0.39, 0.29) is 10.8 Å². The highest BCUT2D eigenvalue weighted by Crippen LogP contribution is 2.33. The van der Waals surface area contributed by atoms with Gasteiger partial charge >= 0.3 is 0 Å². The summed E-state index contributed by atoms with van der Waals surface area (Å²) in [5, 5.41) is 4.71. The van der Waals surface area contributed by atoms with Crippen LogP contribution in [0.25, 0.3) is 6.08 Å². The fourth-order valence-electron chi connectivity index (χ4n) is 3.86. The van der Waals surface area contributed by atoms with Crippen molar-refractivity contribution in [3.63, 3.8) is 0 Å². The van der Waals surface area contributed by atoms with E-state index in [2.05, 4.69) is 14.9 Å². The molecule has 9 heteroatoms. The van der Waals surface area contributed by atoms with Crippen LogP contribution in [0, 0.1) is 0 Å². The van der Waals surface area contributed by atoms with E-state index in [1.165, 1.54) is 30.6 Å². The van der Waals surface area contributed by atoms with Crippen LogP contribution in [0.4, 0.5) is 17.1 Å². The predicted molar refractivity (Wildman–Crippen MR) is 138 cm³/mol. The molecule has 0 aliphatic carbocycles. The lowest BCUT2D eigenvalue weighted by atomic mass is 10.1. The highest BCUT2D eigenvalue weighted by atomic mass is 32.2. The van der Waals surface area contributed by atoms with Crippen LogP contribution < -0.4 is 19.7 Å². The first kappa shape index (κ1) is 23.8. The lowest BCUT2D eigenvalue weighted by Gasteiger charge is -2.30. The molecule has 2 N–H and O–H groups in total. The Balaban J connectivity index is 1.65. The summed E-state index contributed by atoms with van der Waals surface area (Å²) in [5.41, 5.74) is 1.37. The van der Waals surface area contributed by atoms with Crippen molar-refractivity contribution in [2.24, 2.45) is 0 Å². The minimum atomic E-state index is -3.97. The molecule has 1 amide bonds. The summed E-state index contributed by atoms with van der Waals surface area (Å²) in [6.45, 7) is 1.57. The smallest absolute Gasteiger partial charge is 0.264 e. The van der Waals surface area contributed by atoms with Gasteiger partial charge in [-0.1, -0.05) is 18.2 Å². The van der Waals surface area contributed by atoms with Crippen molar-refractivity contribution in [3.05, 3.63) is 70.9 Å². The van der Waals surface area contributed by atoms with Crippen LogP contribution in [-0.4, -0.2) is 34.5 Å². The van der Waals surface area contributed by atoms with Crippen molar-refractivity contribution in [2.45, 2.75) is 24.2 Å². The van der Waals surface area contributed by atoms with Crippen molar-refractivity contribution < 1.29 is 17.9 Å². The molecule has 0 unspecified atom stereocenters. The zero-order valence-electron chi connectivity index (χ0n) is 18.9. The molecule has 0 radical (unpaired) electrons. The molecular formula is C25H27N3O4S2. The second-order valence-electron chi connectivity index (χ2n) is 7.87. The van der Waals surface area contributed by atoms with E-state index < -0.39 is 10.0 Å². The van der Waals surface area contributed by atoms with Gasteiger partial charge in [0.25, 0.3) is 10.0 Å². The Morgan fingerprint density at radius 3 is 2.59 bits per heavy atom. The number of nitrogens with zero attached hydrogens (tertiary/aromatic N) is 1. The number of rotatable bonds is 8. The van der Waals surface area contributed by atoms with Gasteiger partial charge in [0, 0.05) is 29.7 Å². The predicted octanol–water partition coefficient (Wildman–Crippen LogP) is 5.20. The number of hydrogen-bond acceptors (Lipinski definition) is 6. The molecule has 1 saturated heterocycles. The van der Waals surface area contributed by atoms with Crippen molar-refractivity contribution >= 4 is 50.4 Å². The summed E-state index contributed by atoms with van der Waals surface area (Å²) in [4.78, 5) is 15.6. The molecule has 4 rings (SSSR count). The Labute approximate surface area is 204 Å². The quantitative estimate of drug-likeness (QED) is 0.418. The zero-order chi connectivity index (χ0) is 24.0. The number of benzene rings is 2. The van der Waals surface area contributed by atoms with Crippen LogP contribution in [0.15, 0.2) is 70.9 Å². The number of thiophene rings is 1. The molecule has 1 fully saturated rings. The molecule has 2 heterocycles. The van der Waals surface area contributed by atoms with Crippen LogP contribution in [-0.2, 0) is 14.8 Å². The average Bonchev–Trinajstić information content (AvgIpc) is 3.37. The number of sulfonamides is 1. The number of hydrogen-bond donors (Lipinski definition) is 2. The van der Waals surface area contributed by atoms with Crippen LogP contribution >= 0.6 is 11.3 Å². The molecule has 1 aliphatic rings. The number of ether oxygens (including phenoxy) is 1. The molecule has 0 atom stereocenters. The van der Waals surface area contributed by atoms with E-state index in [4.69, 9.17) is 4.74 Å². The fraction of sp³-hybridized carbons (Fsp3) is 0.240. The largest absolute Gasteiger partial charge is 0.495 e. The summed E-state index contributed by atoms with van der Waals surface area (Å²) < 4.78 is 35.0. The third-order valence-electron chi connectivity index (χ3n) is 5.51. The van der Waals surface area contributed by atoms with E-state index in [0.29, 0.717) is 22.8 Å². The molecule has 1 aliphatic heterocycles. The number of nitrogens with one attached hydrogen (secondary N) is 2. The molecule has 2 aromatic carbocycles. The summed E-state index contributed by atoms with van der Waals surface area (Å²) in [7, 11) is -2.48. The van der Waals surface area contributed by atoms with Gasteiger partial charge in [-0.2, -0.15) is 0 Å². The first-order valence-electron chi connectivity index (χ1n) is 11.0. The maximum atomic E-state index is 13.5. The Morgan fingerprint density at radius 1 is 1.06 bits per heavy atom. The monoisotopic (exact) mass is 497 g/mol. The first-order chi connectivity index (χ1) is 16.5. The number of anilines is 3. The SMILES string of the molecule is COc1ccccc1NS(=O)(=O)c1cc(NC(=O)/C=C/c2cccs2)ccc1N1CCCCC1. The summed E-state index contributed by atoms with van der Waals surface area (Å²) in [6.07, 6.45) is 6.30. The van der Waals surface area contributed by atoms with Crippen molar-refractivity contribution in [1.82, 2.24) is 0 Å². The Morgan fingerprint density at radius 2 is 1.85 bits per heavy atom. The normalized spacial score (nSPS) is 14.2. The van der Waals surface area contributed by atoms with Gasteiger partial charge in [-0.25, -0.2) is 8.42 Å². The number of para-hydroxylation sites is 2. The van der Waals surface area contributed by atoms with Crippen molar-refractivity contribution in [1.29, 1.82) is 0 Å². The molecule has 0 spiro atoms. The molecule has 34 heavy (non-hydrogen) atoms. The van der Waals surface area contributed by atoms with Crippen molar-refractivity contribution in [2.75, 3.05) is 35.1 Å². The lowest BCUT2D eigenvalue weighted by molar-refractivity contribution is -0.111. The minimum absolute atomic E-state index is 0.111. The fourth-order valence-corrected chi connectivity index (χ4v) is 5.80. The molecule has 0 saturated carbocycles. The first-order valence-corrected chi connectivity index (χ1v) is 13.4. The van der Waals surface area contributed by atoms with Gasteiger partial charge in [0.2, 0.25) is 5.91 Å². The number of carbonyl (C=O) groups is 1. The average molecular weight is 498 g/mol. The molecule has 178 valence electrons. The zero-order valence-corrected chi connectivity index (χ0v) is 20.5. The Bertz CT molecular complexity index is 1270. The Hall–Kier alpha value is -3.30. The van der Waals surface area contributed by atoms with E-state index >= 15 is 0 Å². The summed E-state index contributed by atoms with van der Waals surface area (Å²) in [6, 6.07) is 15.7. The highest BCUT2D eigenvalue weighted by molar-refractivity contribution is 7.93. The van der Waals surface area contributed by atoms with Crippen LogP contribution in [0.5, 0.6) is 5.75 Å². The van der Waals surface area contributed by atoms with Crippen LogP contribution in [0.3, 0.4) is 0 Å². The number of carbonyl (C=O) groups excluding carboxylic acids is 1. The minimum Gasteiger partial charge on any atom is -0.495 e. The third-order valence-corrected chi connectivity index (χ3v) is 7.74. The molecule has 7 nitrogen and oxygen atoms in total. The van der Waals surface area contributed by atoms with Crippen LogP contribution in [0.2, 0.25) is 0 Å². The van der Waals surface area contributed by atoms with Gasteiger partial charge in [-0.3, -0.25) is 9.52 Å².